The molecule has 0 atom stereocenters. The van der Waals surface area contributed by atoms with Gasteiger partial charge in [-0.3, -0.25) is 9.59 Å². The molecule has 2 fully saturated rings. The zero-order chi connectivity index (χ0) is 19.3. The summed E-state index contributed by atoms with van der Waals surface area (Å²) in [5.74, 6) is 0.896. The van der Waals surface area contributed by atoms with Gasteiger partial charge in [-0.05, 0) is 50.2 Å². The van der Waals surface area contributed by atoms with E-state index in [0.29, 0.717) is 38.3 Å². The van der Waals surface area contributed by atoms with Crippen molar-refractivity contribution in [1.29, 1.82) is 0 Å². The van der Waals surface area contributed by atoms with Gasteiger partial charge in [0.15, 0.2) is 0 Å². The Morgan fingerprint density at radius 2 is 1.57 bits per heavy atom. The fourth-order valence-corrected chi connectivity index (χ4v) is 3.97. The highest BCUT2D eigenvalue weighted by Gasteiger charge is 2.43. The molecule has 1 aromatic carbocycles. The summed E-state index contributed by atoms with van der Waals surface area (Å²) in [5, 5.41) is 3.32. The molecule has 0 aliphatic carbocycles. The van der Waals surface area contributed by atoms with Crippen LogP contribution in [-0.4, -0.2) is 81.7 Å². The van der Waals surface area contributed by atoms with Gasteiger partial charge in [-0.25, -0.2) is 0 Å². The Labute approximate surface area is 172 Å². The van der Waals surface area contributed by atoms with Crippen LogP contribution in [0.5, 0.6) is 5.75 Å². The van der Waals surface area contributed by atoms with Crippen LogP contribution in [0.15, 0.2) is 24.3 Å². The van der Waals surface area contributed by atoms with E-state index in [1.165, 1.54) is 0 Å². The molecule has 0 unspecified atom stereocenters. The molecule has 3 rings (SSSR count). The number of hydrogen-bond donors (Lipinski definition) is 1. The van der Waals surface area contributed by atoms with Gasteiger partial charge in [0.25, 0.3) is 5.91 Å². The summed E-state index contributed by atoms with van der Waals surface area (Å²) >= 11 is 0. The first kappa shape index (κ1) is 22.5. The molecule has 2 aliphatic rings. The number of amides is 2. The van der Waals surface area contributed by atoms with Crippen LogP contribution < -0.4 is 10.1 Å². The average Bonchev–Trinajstić information content (AvgIpc) is 2.74. The van der Waals surface area contributed by atoms with Gasteiger partial charge in [0.05, 0.1) is 19.1 Å². The van der Waals surface area contributed by atoms with Crippen molar-refractivity contribution in [3.8, 4) is 5.75 Å². The van der Waals surface area contributed by atoms with Gasteiger partial charge < -0.3 is 24.6 Å². The normalized spacial score (nSPS) is 18.9. The summed E-state index contributed by atoms with van der Waals surface area (Å²) < 4.78 is 10.5. The minimum Gasteiger partial charge on any atom is -0.497 e. The number of piperidine rings is 1. The van der Waals surface area contributed by atoms with Crippen molar-refractivity contribution < 1.29 is 19.1 Å². The van der Waals surface area contributed by atoms with E-state index in [1.807, 2.05) is 9.80 Å². The Morgan fingerprint density at radius 1 is 1.00 bits per heavy atom. The number of rotatable bonds is 5. The van der Waals surface area contributed by atoms with E-state index in [2.05, 4.69) is 5.32 Å². The van der Waals surface area contributed by atoms with Crippen molar-refractivity contribution in [2.24, 2.45) is 5.41 Å². The van der Waals surface area contributed by atoms with Gasteiger partial charge in [0.2, 0.25) is 5.91 Å². The van der Waals surface area contributed by atoms with E-state index >= 15 is 0 Å². The van der Waals surface area contributed by atoms with Crippen LogP contribution in [-0.2, 0) is 9.53 Å². The van der Waals surface area contributed by atoms with Crippen LogP contribution in [0.4, 0.5) is 0 Å². The van der Waals surface area contributed by atoms with Gasteiger partial charge in [0.1, 0.15) is 5.75 Å². The molecule has 0 spiro atoms. The molecule has 2 saturated heterocycles. The highest BCUT2D eigenvalue weighted by molar-refractivity contribution is 5.94. The maximum absolute atomic E-state index is 13.2. The molecular formula is C20H30ClN3O4. The third-order valence-electron chi connectivity index (χ3n) is 5.63. The second-order valence-electron chi connectivity index (χ2n) is 7.28. The lowest BCUT2D eigenvalue weighted by atomic mass is 9.78. The van der Waals surface area contributed by atoms with Gasteiger partial charge in [-0.2, -0.15) is 0 Å². The summed E-state index contributed by atoms with van der Waals surface area (Å²) in [7, 11) is 3.26. The Balaban J connectivity index is 0.00000280. The number of methoxy groups -OCH3 is 2. The molecule has 2 aliphatic heterocycles. The van der Waals surface area contributed by atoms with Gasteiger partial charge in [-0.15, -0.1) is 12.4 Å². The minimum absolute atomic E-state index is 0. The lowest BCUT2D eigenvalue weighted by Gasteiger charge is -2.42. The number of ether oxygens (including phenoxy) is 2. The summed E-state index contributed by atoms with van der Waals surface area (Å²) in [5.41, 5.74) is 0.215. The molecule has 7 nitrogen and oxygen atoms in total. The maximum Gasteiger partial charge on any atom is 0.253 e. The third kappa shape index (κ3) is 4.77. The Hall–Kier alpha value is -1.83. The number of benzene rings is 1. The van der Waals surface area contributed by atoms with Gasteiger partial charge in [0, 0.05) is 38.9 Å². The summed E-state index contributed by atoms with van der Waals surface area (Å²) in [6, 6.07) is 7.14. The van der Waals surface area contributed by atoms with Crippen molar-refractivity contribution in [1.82, 2.24) is 15.1 Å². The molecule has 2 amide bonds. The van der Waals surface area contributed by atoms with Crippen LogP contribution in [0, 0.1) is 5.41 Å². The molecule has 28 heavy (non-hydrogen) atoms. The molecule has 1 N–H and O–H groups in total. The highest BCUT2D eigenvalue weighted by atomic mass is 35.5. The van der Waals surface area contributed by atoms with Crippen LogP contribution in [0.3, 0.4) is 0 Å². The standard InChI is InChI=1S/C20H29N3O4.ClH/c1-26-15-20(7-9-21-10-8-20)19(25)23-13-11-22(12-14-23)18(24)16-3-5-17(27-2)6-4-16;/h3-6,21H,7-15H2,1-2H3;1H. The maximum atomic E-state index is 13.2. The molecule has 0 aromatic heterocycles. The number of nitrogens with zero attached hydrogens (tertiary/aromatic N) is 2. The Kier molecular flexibility index (Phi) is 8.10. The molecule has 0 bridgehead atoms. The number of halogens is 1. The lowest BCUT2D eigenvalue weighted by molar-refractivity contribution is -0.149. The van der Waals surface area contributed by atoms with E-state index in [-0.39, 0.29) is 24.2 Å². The summed E-state index contributed by atoms with van der Waals surface area (Å²) in [6.45, 7) is 4.38. The van der Waals surface area contributed by atoms with Crippen LogP contribution in [0.2, 0.25) is 0 Å². The monoisotopic (exact) mass is 411 g/mol. The first-order valence-corrected chi connectivity index (χ1v) is 9.52. The van der Waals surface area contributed by atoms with E-state index < -0.39 is 5.41 Å². The first-order valence-electron chi connectivity index (χ1n) is 9.52. The fourth-order valence-electron chi connectivity index (χ4n) is 3.97. The molecule has 1 aromatic rings. The molecule has 2 heterocycles. The first-order chi connectivity index (χ1) is 13.1. The smallest absolute Gasteiger partial charge is 0.253 e. The van der Waals surface area contributed by atoms with Crippen LogP contribution in [0.25, 0.3) is 0 Å². The third-order valence-corrected chi connectivity index (χ3v) is 5.63. The largest absolute Gasteiger partial charge is 0.497 e. The predicted octanol–water partition coefficient (Wildman–Crippen LogP) is 1.42. The predicted molar refractivity (Wildman–Crippen MR) is 109 cm³/mol. The van der Waals surface area contributed by atoms with E-state index in [1.54, 1.807) is 38.5 Å². The number of piperazine rings is 1. The fraction of sp³-hybridized carbons (Fsp3) is 0.600. The second-order valence-corrected chi connectivity index (χ2v) is 7.28. The van der Waals surface area contributed by atoms with Crippen molar-refractivity contribution in [2.75, 3.05) is 60.1 Å². The molecule has 0 saturated carbocycles. The van der Waals surface area contributed by atoms with Crippen molar-refractivity contribution >= 4 is 24.2 Å². The zero-order valence-electron chi connectivity index (χ0n) is 16.6. The minimum atomic E-state index is -0.428. The van der Waals surface area contributed by atoms with Crippen molar-refractivity contribution in [3.05, 3.63) is 29.8 Å². The lowest BCUT2D eigenvalue weighted by Crippen LogP contribution is -2.57. The van der Waals surface area contributed by atoms with Crippen LogP contribution >= 0.6 is 12.4 Å². The highest BCUT2D eigenvalue weighted by Crippen LogP contribution is 2.32. The quantitative estimate of drug-likeness (QED) is 0.793. The van der Waals surface area contributed by atoms with Crippen molar-refractivity contribution in [3.63, 3.8) is 0 Å². The topological polar surface area (TPSA) is 71.1 Å². The van der Waals surface area contributed by atoms with E-state index in [9.17, 15) is 9.59 Å². The molecule has 8 heteroatoms. The SMILES string of the molecule is COCC1(C(=O)N2CCN(C(=O)c3ccc(OC)cc3)CC2)CCNCC1.Cl. The summed E-state index contributed by atoms with van der Waals surface area (Å²) in [4.78, 5) is 29.6. The number of hydrogen-bond acceptors (Lipinski definition) is 5. The molecule has 156 valence electrons. The molecule has 0 radical (unpaired) electrons. The summed E-state index contributed by atoms with van der Waals surface area (Å²) in [6.07, 6.45) is 1.59. The number of carbonyl (C=O) groups excluding carboxylic acids is 2. The van der Waals surface area contributed by atoms with E-state index in [4.69, 9.17) is 9.47 Å². The average molecular weight is 412 g/mol. The number of carbonyl (C=O) groups is 2. The second kappa shape index (κ2) is 10.1. The zero-order valence-corrected chi connectivity index (χ0v) is 17.4. The van der Waals surface area contributed by atoms with E-state index in [0.717, 1.165) is 31.7 Å². The number of nitrogens with one attached hydrogen (secondary N) is 1. The Bertz CT molecular complexity index is 648. The van der Waals surface area contributed by atoms with Crippen molar-refractivity contribution in [2.45, 2.75) is 12.8 Å². The van der Waals surface area contributed by atoms with Crippen LogP contribution in [0.1, 0.15) is 23.2 Å². The van der Waals surface area contributed by atoms with Gasteiger partial charge in [-0.1, -0.05) is 0 Å². The Morgan fingerprint density at radius 3 is 2.11 bits per heavy atom. The van der Waals surface area contributed by atoms with Gasteiger partial charge >= 0.3 is 0 Å². The molecular weight excluding hydrogens is 382 g/mol.